The number of unbranched alkanes of at least 4 members (excludes halogenated alkanes) is 2. The van der Waals surface area contributed by atoms with Gasteiger partial charge in [0.05, 0.1) is 12.7 Å². The predicted octanol–water partition coefficient (Wildman–Crippen LogP) is 2.11. The van der Waals surface area contributed by atoms with Gasteiger partial charge in [0.2, 0.25) is 0 Å². The van der Waals surface area contributed by atoms with E-state index >= 15 is 0 Å². The van der Waals surface area contributed by atoms with Crippen molar-refractivity contribution in [3.05, 3.63) is 0 Å². The third-order valence-corrected chi connectivity index (χ3v) is 3.50. The van der Waals surface area contributed by atoms with Crippen LogP contribution < -0.4 is 0 Å². The number of hydrogen-bond acceptors (Lipinski definition) is 5. The summed E-state index contributed by atoms with van der Waals surface area (Å²) in [6.07, 6.45) is 3.24. The Morgan fingerprint density at radius 2 is 1.85 bits per heavy atom. The summed E-state index contributed by atoms with van der Waals surface area (Å²) in [4.78, 5) is 0. The first-order valence-electron chi connectivity index (χ1n) is 7.78. The molecule has 1 fully saturated rings. The van der Waals surface area contributed by atoms with Gasteiger partial charge in [0, 0.05) is 26.7 Å². The van der Waals surface area contributed by atoms with Gasteiger partial charge in [-0.05, 0) is 12.8 Å². The molecule has 1 aliphatic rings. The molecule has 1 heterocycles. The van der Waals surface area contributed by atoms with Gasteiger partial charge in [-0.2, -0.15) is 0 Å². The maximum Gasteiger partial charge on any atom is 0.184 e. The summed E-state index contributed by atoms with van der Waals surface area (Å²) in [5.41, 5.74) is 0. The fraction of sp³-hybridized carbons (Fsp3) is 1.00. The average molecular weight is 290 g/mol. The van der Waals surface area contributed by atoms with Crippen LogP contribution >= 0.6 is 0 Å². The van der Waals surface area contributed by atoms with Crippen molar-refractivity contribution in [3.63, 3.8) is 0 Å². The second-order valence-corrected chi connectivity index (χ2v) is 5.27. The first kappa shape index (κ1) is 17.9. The van der Waals surface area contributed by atoms with Crippen molar-refractivity contribution in [2.75, 3.05) is 26.9 Å². The lowest BCUT2D eigenvalue weighted by Gasteiger charge is -2.38. The Kier molecular flexibility index (Phi) is 9.39. The molecule has 0 aromatic heterocycles. The molecular weight excluding hydrogens is 260 g/mol. The third-order valence-electron chi connectivity index (χ3n) is 3.50. The standard InChI is InChI=1S/C15H30O5/c1-4-6-8-18-11-14-12(16)10-13(15(17-3)20-14)19-9-7-5-2/h12-16H,4-11H2,1-3H3/t12-,13?,14?,15-/m1/s1. The lowest BCUT2D eigenvalue weighted by Crippen LogP contribution is -2.50. The minimum Gasteiger partial charge on any atom is -0.390 e. The lowest BCUT2D eigenvalue weighted by molar-refractivity contribution is -0.273. The number of aliphatic hydroxyl groups excluding tert-OH is 1. The van der Waals surface area contributed by atoms with Gasteiger partial charge < -0.3 is 24.1 Å². The quantitative estimate of drug-likeness (QED) is 0.625. The molecule has 1 saturated heterocycles. The number of hydrogen-bond donors (Lipinski definition) is 1. The van der Waals surface area contributed by atoms with Crippen molar-refractivity contribution in [1.82, 2.24) is 0 Å². The molecule has 2 unspecified atom stereocenters. The molecule has 20 heavy (non-hydrogen) atoms. The molecule has 0 saturated carbocycles. The summed E-state index contributed by atoms with van der Waals surface area (Å²) in [7, 11) is 1.60. The molecule has 120 valence electrons. The van der Waals surface area contributed by atoms with Crippen molar-refractivity contribution < 1.29 is 24.1 Å². The molecule has 5 nitrogen and oxygen atoms in total. The van der Waals surface area contributed by atoms with Crippen LogP contribution in [-0.2, 0) is 18.9 Å². The first-order valence-corrected chi connectivity index (χ1v) is 7.78. The van der Waals surface area contributed by atoms with Crippen LogP contribution in [0.4, 0.5) is 0 Å². The van der Waals surface area contributed by atoms with Crippen LogP contribution in [0.5, 0.6) is 0 Å². The number of methoxy groups -OCH3 is 1. The van der Waals surface area contributed by atoms with E-state index in [-0.39, 0.29) is 12.2 Å². The van der Waals surface area contributed by atoms with Gasteiger partial charge in [0.25, 0.3) is 0 Å². The highest BCUT2D eigenvalue weighted by atomic mass is 16.7. The third kappa shape index (κ3) is 6.06. The Bertz CT molecular complexity index is 236. The molecule has 4 atom stereocenters. The lowest BCUT2D eigenvalue weighted by atomic mass is 10.0. The first-order chi connectivity index (χ1) is 9.72. The minimum atomic E-state index is -0.561. The Morgan fingerprint density at radius 1 is 1.15 bits per heavy atom. The molecule has 0 aliphatic carbocycles. The predicted molar refractivity (Wildman–Crippen MR) is 76.7 cm³/mol. The van der Waals surface area contributed by atoms with Crippen LogP contribution in [0.3, 0.4) is 0 Å². The van der Waals surface area contributed by atoms with Crippen LogP contribution in [0, 0.1) is 0 Å². The van der Waals surface area contributed by atoms with E-state index in [1.54, 1.807) is 7.11 Å². The van der Waals surface area contributed by atoms with Gasteiger partial charge in [-0.3, -0.25) is 0 Å². The zero-order chi connectivity index (χ0) is 14.8. The molecule has 5 heteroatoms. The molecule has 1 rings (SSSR count). The molecular formula is C15H30O5. The van der Waals surface area contributed by atoms with E-state index in [2.05, 4.69) is 13.8 Å². The van der Waals surface area contributed by atoms with Gasteiger partial charge in [-0.1, -0.05) is 26.7 Å². The summed E-state index contributed by atoms with van der Waals surface area (Å²) < 4.78 is 22.3. The maximum absolute atomic E-state index is 10.1. The fourth-order valence-corrected chi connectivity index (χ4v) is 2.18. The van der Waals surface area contributed by atoms with Gasteiger partial charge in [0.1, 0.15) is 12.2 Å². The Balaban J connectivity index is 2.35. The molecule has 0 spiro atoms. The maximum atomic E-state index is 10.1. The Hall–Kier alpha value is -0.200. The molecule has 0 amide bonds. The number of ether oxygens (including phenoxy) is 4. The summed E-state index contributed by atoms with van der Waals surface area (Å²) in [6.45, 7) is 6.02. The fourth-order valence-electron chi connectivity index (χ4n) is 2.18. The minimum absolute atomic E-state index is 0.201. The van der Waals surface area contributed by atoms with E-state index in [1.807, 2.05) is 0 Å². The number of aliphatic hydroxyl groups is 1. The van der Waals surface area contributed by atoms with E-state index < -0.39 is 12.4 Å². The highest BCUT2D eigenvalue weighted by Crippen LogP contribution is 2.24. The topological polar surface area (TPSA) is 57.2 Å². The van der Waals surface area contributed by atoms with Crippen molar-refractivity contribution in [2.24, 2.45) is 0 Å². The molecule has 0 aromatic carbocycles. The summed E-state index contributed by atoms with van der Waals surface area (Å²) in [5.74, 6) is 0. The molecule has 0 aromatic rings. The summed E-state index contributed by atoms with van der Waals surface area (Å²) in [5, 5.41) is 10.1. The second-order valence-electron chi connectivity index (χ2n) is 5.27. The van der Waals surface area contributed by atoms with E-state index in [4.69, 9.17) is 18.9 Å². The van der Waals surface area contributed by atoms with E-state index in [0.717, 1.165) is 25.7 Å². The second kappa shape index (κ2) is 10.5. The van der Waals surface area contributed by atoms with E-state index in [0.29, 0.717) is 26.2 Å². The monoisotopic (exact) mass is 290 g/mol. The van der Waals surface area contributed by atoms with Crippen LogP contribution in [-0.4, -0.2) is 56.6 Å². The molecule has 0 radical (unpaired) electrons. The van der Waals surface area contributed by atoms with Crippen LogP contribution in [0.2, 0.25) is 0 Å². The zero-order valence-electron chi connectivity index (χ0n) is 13.0. The normalized spacial score (nSPS) is 30.6. The molecule has 0 bridgehead atoms. The van der Waals surface area contributed by atoms with Gasteiger partial charge in [-0.15, -0.1) is 0 Å². The highest BCUT2D eigenvalue weighted by Gasteiger charge is 2.38. The zero-order valence-corrected chi connectivity index (χ0v) is 13.0. The van der Waals surface area contributed by atoms with Crippen molar-refractivity contribution in [2.45, 2.75) is 70.6 Å². The van der Waals surface area contributed by atoms with Crippen LogP contribution in [0.15, 0.2) is 0 Å². The summed E-state index contributed by atoms with van der Waals surface area (Å²) in [6, 6.07) is 0. The number of rotatable bonds is 10. The van der Waals surface area contributed by atoms with Crippen LogP contribution in [0.1, 0.15) is 46.0 Å². The highest BCUT2D eigenvalue weighted by molar-refractivity contribution is 4.82. The van der Waals surface area contributed by atoms with Crippen LogP contribution in [0.25, 0.3) is 0 Å². The van der Waals surface area contributed by atoms with E-state index in [9.17, 15) is 5.11 Å². The molecule has 1 aliphatic heterocycles. The Labute approximate surface area is 122 Å². The summed E-state index contributed by atoms with van der Waals surface area (Å²) >= 11 is 0. The van der Waals surface area contributed by atoms with Gasteiger partial charge in [-0.25, -0.2) is 0 Å². The van der Waals surface area contributed by atoms with Gasteiger partial charge >= 0.3 is 0 Å². The smallest absolute Gasteiger partial charge is 0.184 e. The van der Waals surface area contributed by atoms with Crippen molar-refractivity contribution >= 4 is 0 Å². The average Bonchev–Trinajstić information content (AvgIpc) is 2.45. The largest absolute Gasteiger partial charge is 0.390 e. The Morgan fingerprint density at radius 3 is 2.50 bits per heavy atom. The van der Waals surface area contributed by atoms with Crippen molar-refractivity contribution in [1.29, 1.82) is 0 Å². The molecule has 1 N–H and O–H groups in total. The SMILES string of the molecule is CCCCOCC1O[C@@H](OC)C(OCCCC)C[C@H]1O. The van der Waals surface area contributed by atoms with Gasteiger partial charge in [0.15, 0.2) is 6.29 Å². The van der Waals surface area contributed by atoms with Crippen molar-refractivity contribution in [3.8, 4) is 0 Å². The van der Waals surface area contributed by atoms with E-state index in [1.165, 1.54) is 0 Å².